The lowest BCUT2D eigenvalue weighted by Crippen LogP contribution is -2.49. The van der Waals surface area contributed by atoms with Gasteiger partial charge in [-0.2, -0.15) is 0 Å². The Hall–Kier alpha value is -2.89. The predicted molar refractivity (Wildman–Crippen MR) is 111 cm³/mol. The molecule has 156 valence electrons. The van der Waals surface area contributed by atoms with Crippen LogP contribution in [0, 0.1) is 18.7 Å². The molecule has 2 rings (SSSR count). The smallest absolute Gasteiger partial charge is 0.261 e. The molecule has 1 unspecified atom stereocenters. The number of nitrogens with one attached hydrogen (secondary N) is 1. The molecule has 0 heterocycles. The van der Waals surface area contributed by atoms with Crippen molar-refractivity contribution in [1.82, 2.24) is 10.2 Å². The summed E-state index contributed by atoms with van der Waals surface area (Å²) < 4.78 is 19.7. The van der Waals surface area contributed by atoms with Gasteiger partial charge in [0, 0.05) is 18.7 Å². The fourth-order valence-corrected chi connectivity index (χ4v) is 2.71. The van der Waals surface area contributed by atoms with Crippen molar-refractivity contribution in [3.63, 3.8) is 0 Å². The second-order valence-electron chi connectivity index (χ2n) is 7.53. The Morgan fingerprint density at radius 3 is 2.34 bits per heavy atom. The number of carbonyl (C=O) groups is 2. The number of benzene rings is 2. The SMILES string of the molecule is Cc1ccc(OCC(=O)N(Cc2ccccc2F)C(C)C(=O)NCC(C)C)cc1. The summed E-state index contributed by atoms with van der Waals surface area (Å²) in [6, 6.07) is 12.8. The monoisotopic (exact) mass is 400 g/mol. The van der Waals surface area contributed by atoms with E-state index in [1.165, 1.54) is 11.0 Å². The fourth-order valence-electron chi connectivity index (χ4n) is 2.71. The first-order valence-electron chi connectivity index (χ1n) is 9.78. The van der Waals surface area contributed by atoms with E-state index < -0.39 is 11.9 Å². The Morgan fingerprint density at radius 1 is 1.07 bits per heavy atom. The summed E-state index contributed by atoms with van der Waals surface area (Å²) in [4.78, 5) is 26.8. The van der Waals surface area contributed by atoms with Crippen LogP contribution in [0.4, 0.5) is 4.39 Å². The number of hydrogen-bond acceptors (Lipinski definition) is 3. The van der Waals surface area contributed by atoms with Crippen LogP contribution in [0.25, 0.3) is 0 Å². The molecule has 0 aliphatic carbocycles. The molecule has 0 fully saturated rings. The van der Waals surface area contributed by atoms with E-state index in [0.717, 1.165) is 5.56 Å². The van der Waals surface area contributed by atoms with E-state index in [2.05, 4.69) is 5.32 Å². The highest BCUT2D eigenvalue weighted by Gasteiger charge is 2.27. The molecule has 0 bridgehead atoms. The van der Waals surface area contributed by atoms with E-state index in [4.69, 9.17) is 4.74 Å². The third kappa shape index (κ3) is 6.89. The van der Waals surface area contributed by atoms with Crippen molar-refractivity contribution < 1.29 is 18.7 Å². The van der Waals surface area contributed by atoms with Gasteiger partial charge in [0.15, 0.2) is 6.61 Å². The first kappa shape index (κ1) is 22.4. The standard InChI is InChI=1S/C23H29FN2O3/c1-16(2)13-25-23(28)18(4)26(14-19-7-5-6-8-21(19)24)22(27)15-29-20-11-9-17(3)10-12-20/h5-12,16,18H,13-15H2,1-4H3,(H,25,28). The molecular weight excluding hydrogens is 371 g/mol. The highest BCUT2D eigenvalue weighted by Crippen LogP contribution is 2.15. The number of carbonyl (C=O) groups excluding carboxylic acids is 2. The van der Waals surface area contributed by atoms with Crippen LogP contribution in [-0.4, -0.2) is 35.9 Å². The van der Waals surface area contributed by atoms with Crippen molar-refractivity contribution in [2.24, 2.45) is 5.92 Å². The molecule has 0 radical (unpaired) electrons. The summed E-state index contributed by atoms with van der Waals surface area (Å²) in [5.74, 6) is -0.238. The predicted octanol–water partition coefficient (Wildman–Crippen LogP) is 3.70. The van der Waals surface area contributed by atoms with Gasteiger partial charge < -0.3 is 15.0 Å². The van der Waals surface area contributed by atoms with Crippen LogP contribution in [-0.2, 0) is 16.1 Å². The molecule has 2 aromatic rings. The maximum Gasteiger partial charge on any atom is 0.261 e. The molecule has 0 aliphatic rings. The minimum atomic E-state index is -0.762. The van der Waals surface area contributed by atoms with Gasteiger partial charge in [0.1, 0.15) is 17.6 Å². The van der Waals surface area contributed by atoms with Gasteiger partial charge in [0.2, 0.25) is 5.91 Å². The van der Waals surface area contributed by atoms with Gasteiger partial charge in [-0.15, -0.1) is 0 Å². The number of nitrogens with zero attached hydrogens (tertiary/aromatic N) is 1. The van der Waals surface area contributed by atoms with E-state index >= 15 is 0 Å². The Bertz CT molecular complexity index is 821. The Morgan fingerprint density at radius 2 is 1.72 bits per heavy atom. The number of halogens is 1. The highest BCUT2D eigenvalue weighted by atomic mass is 19.1. The zero-order valence-electron chi connectivity index (χ0n) is 17.4. The van der Waals surface area contributed by atoms with Gasteiger partial charge in [0.05, 0.1) is 0 Å². The number of aryl methyl sites for hydroxylation is 1. The lowest BCUT2D eigenvalue weighted by atomic mass is 10.1. The second-order valence-corrected chi connectivity index (χ2v) is 7.53. The quantitative estimate of drug-likeness (QED) is 0.698. The number of amides is 2. The van der Waals surface area contributed by atoms with Crippen LogP contribution < -0.4 is 10.1 Å². The third-order valence-electron chi connectivity index (χ3n) is 4.53. The first-order chi connectivity index (χ1) is 13.8. The van der Waals surface area contributed by atoms with Crippen LogP contribution in [0.15, 0.2) is 48.5 Å². The average Bonchev–Trinajstić information content (AvgIpc) is 2.70. The van der Waals surface area contributed by atoms with Crippen molar-refractivity contribution in [2.75, 3.05) is 13.2 Å². The fraction of sp³-hybridized carbons (Fsp3) is 0.391. The third-order valence-corrected chi connectivity index (χ3v) is 4.53. The summed E-state index contributed by atoms with van der Waals surface area (Å²) in [5.41, 5.74) is 1.43. The van der Waals surface area contributed by atoms with E-state index in [9.17, 15) is 14.0 Å². The molecule has 1 N–H and O–H groups in total. The van der Waals surface area contributed by atoms with Gasteiger partial charge in [-0.25, -0.2) is 4.39 Å². The van der Waals surface area contributed by atoms with Crippen molar-refractivity contribution >= 4 is 11.8 Å². The molecule has 0 aliphatic heterocycles. The molecule has 1 atom stereocenters. The highest BCUT2D eigenvalue weighted by molar-refractivity contribution is 5.87. The molecular formula is C23H29FN2O3. The molecule has 5 nitrogen and oxygen atoms in total. The van der Waals surface area contributed by atoms with Crippen LogP contribution in [0.3, 0.4) is 0 Å². The molecule has 0 spiro atoms. The van der Waals surface area contributed by atoms with Crippen molar-refractivity contribution in [1.29, 1.82) is 0 Å². The van der Waals surface area contributed by atoms with Crippen LogP contribution in [0.1, 0.15) is 31.9 Å². The number of hydrogen-bond donors (Lipinski definition) is 1. The Balaban J connectivity index is 2.13. The topological polar surface area (TPSA) is 58.6 Å². The van der Waals surface area contributed by atoms with Crippen LogP contribution in [0.5, 0.6) is 5.75 Å². The minimum Gasteiger partial charge on any atom is -0.484 e. The molecule has 2 aromatic carbocycles. The second kappa shape index (κ2) is 10.6. The zero-order chi connectivity index (χ0) is 21.4. The lowest BCUT2D eigenvalue weighted by molar-refractivity contribution is -0.142. The number of ether oxygens (including phenoxy) is 1. The molecule has 0 saturated carbocycles. The summed E-state index contributed by atoms with van der Waals surface area (Å²) in [5, 5.41) is 2.83. The zero-order valence-corrected chi connectivity index (χ0v) is 17.4. The summed E-state index contributed by atoms with van der Waals surface area (Å²) >= 11 is 0. The molecule has 29 heavy (non-hydrogen) atoms. The minimum absolute atomic E-state index is 0.0149. The van der Waals surface area contributed by atoms with E-state index in [0.29, 0.717) is 17.9 Å². The van der Waals surface area contributed by atoms with E-state index in [1.807, 2.05) is 32.9 Å². The van der Waals surface area contributed by atoms with E-state index in [-0.39, 0.29) is 30.9 Å². The normalized spacial score (nSPS) is 11.8. The van der Waals surface area contributed by atoms with Gasteiger partial charge in [-0.05, 0) is 38.0 Å². The summed E-state index contributed by atoms with van der Waals surface area (Å²) in [7, 11) is 0. The summed E-state index contributed by atoms with van der Waals surface area (Å²) in [6.45, 7) is 7.83. The van der Waals surface area contributed by atoms with Crippen LogP contribution >= 0.6 is 0 Å². The van der Waals surface area contributed by atoms with Crippen molar-refractivity contribution in [3.05, 3.63) is 65.5 Å². The van der Waals surface area contributed by atoms with Crippen LogP contribution in [0.2, 0.25) is 0 Å². The number of rotatable bonds is 9. The lowest BCUT2D eigenvalue weighted by Gasteiger charge is -2.29. The van der Waals surface area contributed by atoms with E-state index in [1.54, 1.807) is 37.3 Å². The maximum atomic E-state index is 14.2. The van der Waals surface area contributed by atoms with Gasteiger partial charge in [0.25, 0.3) is 5.91 Å². The molecule has 0 aromatic heterocycles. The summed E-state index contributed by atoms with van der Waals surface area (Å²) in [6.07, 6.45) is 0. The first-order valence-corrected chi connectivity index (χ1v) is 9.78. The Kier molecular flexibility index (Phi) is 8.19. The molecule has 2 amide bonds. The van der Waals surface area contributed by atoms with Gasteiger partial charge in [-0.1, -0.05) is 49.7 Å². The van der Waals surface area contributed by atoms with Gasteiger partial charge in [-0.3, -0.25) is 9.59 Å². The molecule has 0 saturated heterocycles. The molecule has 6 heteroatoms. The Labute approximate surface area is 171 Å². The van der Waals surface area contributed by atoms with Gasteiger partial charge >= 0.3 is 0 Å². The largest absolute Gasteiger partial charge is 0.484 e. The van der Waals surface area contributed by atoms with Crippen molar-refractivity contribution in [3.8, 4) is 5.75 Å². The van der Waals surface area contributed by atoms with Crippen molar-refractivity contribution in [2.45, 2.75) is 40.3 Å². The maximum absolute atomic E-state index is 14.2. The average molecular weight is 400 g/mol.